The molecule has 0 amide bonds. The molecule has 0 saturated heterocycles. The van der Waals surface area contributed by atoms with E-state index in [0.29, 0.717) is 10.7 Å². The Hall–Kier alpha value is -1.26. The average Bonchev–Trinajstić information content (AvgIpc) is 2.60. The second kappa shape index (κ2) is 5.16. The van der Waals surface area contributed by atoms with E-state index in [9.17, 15) is 4.79 Å². The van der Waals surface area contributed by atoms with E-state index < -0.39 is 5.97 Å². The van der Waals surface area contributed by atoms with E-state index in [1.165, 1.54) is 0 Å². The van der Waals surface area contributed by atoms with Gasteiger partial charge in [-0.2, -0.15) is 0 Å². The smallest absolute Gasteiger partial charge is 0.401 e. The lowest BCUT2D eigenvalue weighted by atomic mass is 10.2. The molecule has 0 aliphatic carbocycles. The molecular formula is C13H13ClNO2S+. The summed E-state index contributed by atoms with van der Waals surface area (Å²) in [6, 6.07) is 7.54. The predicted molar refractivity (Wildman–Crippen MR) is 73.1 cm³/mol. The second-order valence-electron chi connectivity index (χ2n) is 4.09. The predicted octanol–water partition coefficient (Wildman–Crippen LogP) is 1.71. The van der Waals surface area contributed by atoms with Crippen LogP contribution in [0.3, 0.4) is 0 Å². The molecule has 18 heavy (non-hydrogen) atoms. The highest BCUT2D eigenvalue weighted by Crippen LogP contribution is 2.32. The van der Waals surface area contributed by atoms with E-state index in [0.717, 1.165) is 15.4 Å². The van der Waals surface area contributed by atoms with Gasteiger partial charge in [0.15, 0.2) is 6.04 Å². The van der Waals surface area contributed by atoms with Crippen molar-refractivity contribution in [3.63, 3.8) is 0 Å². The summed E-state index contributed by atoms with van der Waals surface area (Å²) in [5.74, 6) is -0.911. The molecule has 3 nitrogen and oxygen atoms in total. The summed E-state index contributed by atoms with van der Waals surface area (Å²) in [6.45, 7) is 3.79. The molecule has 0 aromatic heterocycles. The van der Waals surface area contributed by atoms with E-state index in [1.54, 1.807) is 11.8 Å². The summed E-state index contributed by atoms with van der Waals surface area (Å²) in [5, 5.41) is 9.76. The van der Waals surface area contributed by atoms with Crippen molar-refractivity contribution in [3.05, 3.63) is 39.8 Å². The lowest BCUT2D eigenvalue weighted by Crippen LogP contribution is -2.77. The van der Waals surface area contributed by atoms with Crippen LogP contribution in [0, 0.1) is 0 Å². The van der Waals surface area contributed by atoms with Crippen LogP contribution >= 0.6 is 23.4 Å². The summed E-state index contributed by atoms with van der Waals surface area (Å²) < 4.78 is 0. The SMILES string of the molecule is CC1=C(Sc2ccc(Cl)cc2)C(C)[NH+]=C1C(=O)O. The van der Waals surface area contributed by atoms with Crippen LogP contribution in [0.25, 0.3) is 0 Å². The Bertz CT molecular complexity index is 549. The number of thioether (sulfide) groups is 1. The Morgan fingerprint density at radius 1 is 1.39 bits per heavy atom. The molecule has 2 rings (SSSR count). The first-order chi connectivity index (χ1) is 8.49. The molecular weight excluding hydrogens is 270 g/mol. The van der Waals surface area contributed by atoms with Crippen LogP contribution in [-0.2, 0) is 4.79 Å². The molecule has 1 atom stereocenters. The Kier molecular flexibility index (Phi) is 3.78. The number of nitrogens with one attached hydrogen (secondary N) is 1. The van der Waals surface area contributed by atoms with Gasteiger partial charge in [-0.05, 0) is 31.2 Å². The van der Waals surface area contributed by atoms with E-state index in [-0.39, 0.29) is 6.04 Å². The number of hydrogen-bond donors (Lipinski definition) is 2. The fraction of sp³-hybridized carbons (Fsp3) is 0.231. The van der Waals surface area contributed by atoms with Gasteiger partial charge >= 0.3 is 5.97 Å². The molecule has 1 aliphatic heterocycles. The minimum absolute atomic E-state index is 0.0248. The van der Waals surface area contributed by atoms with Crippen molar-refractivity contribution >= 4 is 35.0 Å². The number of benzene rings is 1. The number of halogens is 1. The zero-order chi connectivity index (χ0) is 13.3. The van der Waals surface area contributed by atoms with Crippen LogP contribution < -0.4 is 4.99 Å². The standard InChI is InChI=1S/C13H12ClNO2S/c1-7-11(13(16)17)15-8(2)12(7)18-10-5-3-9(14)4-6-10/h3-6,8H,1-2H3,(H,16,17)/p+1. The van der Waals surface area contributed by atoms with Crippen molar-refractivity contribution in [2.75, 3.05) is 0 Å². The third-order valence-corrected chi connectivity index (χ3v) is 4.39. The number of carboxylic acids is 1. The van der Waals surface area contributed by atoms with Crippen molar-refractivity contribution in [2.24, 2.45) is 0 Å². The lowest BCUT2D eigenvalue weighted by molar-refractivity contribution is -0.479. The van der Waals surface area contributed by atoms with E-state index in [1.807, 2.05) is 38.1 Å². The van der Waals surface area contributed by atoms with Gasteiger partial charge in [-0.15, -0.1) is 0 Å². The van der Waals surface area contributed by atoms with Crippen LogP contribution in [0.5, 0.6) is 0 Å². The third kappa shape index (κ3) is 2.60. The number of carbonyl (C=O) groups is 1. The Morgan fingerprint density at radius 3 is 2.50 bits per heavy atom. The van der Waals surface area contributed by atoms with Gasteiger partial charge in [-0.25, -0.2) is 9.79 Å². The highest BCUT2D eigenvalue weighted by Gasteiger charge is 2.33. The normalized spacial score (nSPS) is 19.1. The molecule has 1 aromatic carbocycles. The van der Waals surface area contributed by atoms with Gasteiger partial charge in [-0.3, -0.25) is 0 Å². The highest BCUT2D eigenvalue weighted by atomic mass is 35.5. The molecule has 0 spiro atoms. The summed E-state index contributed by atoms with van der Waals surface area (Å²) in [5.41, 5.74) is 1.09. The topological polar surface area (TPSA) is 51.3 Å². The van der Waals surface area contributed by atoms with Crippen LogP contribution in [0.1, 0.15) is 13.8 Å². The number of rotatable bonds is 3. The van der Waals surface area contributed by atoms with E-state index >= 15 is 0 Å². The minimum atomic E-state index is -0.911. The molecule has 0 bridgehead atoms. The van der Waals surface area contributed by atoms with Gasteiger partial charge < -0.3 is 5.11 Å². The number of aliphatic carboxylic acids is 1. The number of carboxylic acid groups (broad SMARTS) is 1. The Balaban J connectivity index is 2.25. The Morgan fingerprint density at radius 2 is 2.00 bits per heavy atom. The molecule has 94 valence electrons. The maximum atomic E-state index is 11.0. The first-order valence-corrected chi connectivity index (χ1v) is 6.70. The Labute approximate surface area is 115 Å². The summed E-state index contributed by atoms with van der Waals surface area (Å²) in [7, 11) is 0. The molecule has 1 heterocycles. The van der Waals surface area contributed by atoms with Crippen molar-refractivity contribution < 1.29 is 14.9 Å². The van der Waals surface area contributed by atoms with Gasteiger partial charge in [0.25, 0.3) is 5.71 Å². The van der Waals surface area contributed by atoms with E-state index in [4.69, 9.17) is 16.7 Å². The molecule has 1 aromatic rings. The first-order valence-electron chi connectivity index (χ1n) is 5.50. The zero-order valence-electron chi connectivity index (χ0n) is 10.0. The monoisotopic (exact) mass is 282 g/mol. The summed E-state index contributed by atoms with van der Waals surface area (Å²) in [6.07, 6.45) is 0. The van der Waals surface area contributed by atoms with Gasteiger partial charge in [0.1, 0.15) is 0 Å². The third-order valence-electron chi connectivity index (χ3n) is 2.75. The van der Waals surface area contributed by atoms with Crippen LogP contribution in [0.4, 0.5) is 0 Å². The zero-order valence-corrected chi connectivity index (χ0v) is 11.6. The average molecular weight is 283 g/mol. The van der Waals surface area contributed by atoms with Crippen molar-refractivity contribution in [1.29, 1.82) is 0 Å². The largest absolute Gasteiger partial charge is 0.473 e. The molecule has 5 heteroatoms. The van der Waals surface area contributed by atoms with Gasteiger partial charge in [0.2, 0.25) is 0 Å². The minimum Gasteiger partial charge on any atom is -0.473 e. The number of hydrogen-bond acceptors (Lipinski definition) is 2. The fourth-order valence-electron chi connectivity index (χ4n) is 1.85. The highest BCUT2D eigenvalue weighted by molar-refractivity contribution is 8.03. The van der Waals surface area contributed by atoms with Gasteiger partial charge in [0, 0.05) is 22.4 Å². The molecule has 2 N–H and O–H groups in total. The van der Waals surface area contributed by atoms with Crippen molar-refractivity contribution in [1.82, 2.24) is 0 Å². The van der Waals surface area contributed by atoms with Crippen LogP contribution in [-0.4, -0.2) is 22.8 Å². The summed E-state index contributed by atoms with van der Waals surface area (Å²) >= 11 is 7.41. The second-order valence-corrected chi connectivity index (χ2v) is 5.64. The van der Waals surface area contributed by atoms with Gasteiger partial charge in [-0.1, -0.05) is 23.4 Å². The first kappa shape index (κ1) is 13.2. The maximum absolute atomic E-state index is 11.0. The molecule has 0 fully saturated rings. The van der Waals surface area contributed by atoms with Crippen molar-refractivity contribution in [3.8, 4) is 0 Å². The molecule has 0 saturated carbocycles. The van der Waals surface area contributed by atoms with E-state index in [2.05, 4.69) is 4.99 Å². The summed E-state index contributed by atoms with van der Waals surface area (Å²) in [4.78, 5) is 16.1. The molecule has 1 aliphatic rings. The molecule has 0 radical (unpaired) electrons. The maximum Gasteiger partial charge on any atom is 0.401 e. The van der Waals surface area contributed by atoms with Crippen LogP contribution in [0.15, 0.2) is 39.6 Å². The van der Waals surface area contributed by atoms with Crippen LogP contribution in [0.2, 0.25) is 5.02 Å². The van der Waals surface area contributed by atoms with Gasteiger partial charge in [0.05, 0.1) is 4.91 Å². The van der Waals surface area contributed by atoms with Crippen molar-refractivity contribution in [2.45, 2.75) is 24.8 Å². The lowest BCUT2D eigenvalue weighted by Gasteiger charge is -2.04. The quantitative estimate of drug-likeness (QED) is 0.887. The molecule has 1 unspecified atom stereocenters. The fourth-order valence-corrected chi connectivity index (χ4v) is 3.00.